The van der Waals surface area contributed by atoms with Gasteiger partial charge in [0.2, 0.25) is 10.0 Å². The van der Waals surface area contributed by atoms with Gasteiger partial charge in [-0.1, -0.05) is 13.0 Å². The molecule has 2 N–H and O–H groups in total. The van der Waals surface area contributed by atoms with E-state index in [4.69, 9.17) is 4.74 Å². The number of hydrogen-bond donors (Lipinski definition) is 2. The van der Waals surface area contributed by atoms with E-state index in [1.54, 1.807) is 24.3 Å². The van der Waals surface area contributed by atoms with Gasteiger partial charge < -0.3 is 10.1 Å². The van der Waals surface area contributed by atoms with E-state index >= 15 is 0 Å². The van der Waals surface area contributed by atoms with Gasteiger partial charge in [-0.25, -0.2) is 17.9 Å². The number of carbonyl (C=O) groups is 2. The summed E-state index contributed by atoms with van der Waals surface area (Å²) in [5, 5.41) is 2.69. The van der Waals surface area contributed by atoms with Crippen molar-refractivity contribution in [3.63, 3.8) is 0 Å². The summed E-state index contributed by atoms with van der Waals surface area (Å²) >= 11 is 0. The van der Waals surface area contributed by atoms with Crippen LogP contribution in [-0.4, -0.2) is 33.4 Å². The van der Waals surface area contributed by atoms with Crippen molar-refractivity contribution in [2.75, 3.05) is 18.5 Å². The molecule has 0 aliphatic heterocycles. The Morgan fingerprint density at radius 3 is 2.21 bits per heavy atom. The molecule has 1 amide bonds. The highest BCUT2D eigenvalue weighted by atomic mass is 32.2. The Bertz CT molecular complexity index is 936. The van der Waals surface area contributed by atoms with E-state index < -0.39 is 21.9 Å². The van der Waals surface area contributed by atoms with Crippen molar-refractivity contribution in [2.24, 2.45) is 0 Å². The molecule has 2 aromatic carbocycles. The molecule has 0 saturated heterocycles. The van der Waals surface area contributed by atoms with Crippen molar-refractivity contribution in [3.8, 4) is 0 Å². The maximum atomic E-state index is 12.3. The van der Waals surface area contributed by atoms with Crippen molar-refractivity contribution in [1.29, 1.82) is 0 Å². The molecule has 28 heavy (non-hydrogen) atoms. The summed E-state index contributed by atoms with van der Waals surface area (Å²) in [7, 11) is -3.64. The average Bonchev–Trinajstić information content (AvgIpc) is 2.71. The lowest BCUT2D eigenvalue weighted by Gasteiger charge is -2.08. The maximum absolute atomic E-state index is 12.3. The Morgan fingerprint density at radius 1 is 1.04 bits per heavy atom. The largest absolute Gasteiger partial charge is 0.462 e. The number of hydrogen-bond acceptors (Lipinski definition) is 5. The zero-order chi connectivity index (χ0) is 20.6. The highest BCUT2D eigenvalue weighted by molar-refractivity contribution is 7.89. The predicted octanol–water partition coefficient (Wildman–Crippen LogP) is 2.97. The van der Waals surface area contributed by atoms with E-state index in [0.717, 1.165) is 6.42 Å². The second kappa shape index (κ2) is 9.82. The standard InChI is InChI=1S/C20H22N2O5S/c1-3-13-21-28(25,26)18-11-7-15(8-12-18)19(23)22-17-9-5-16(6-10-17)20(24)27-14-4-2/h3,5-12,21H,1,4,13-14H2,2H3,(H,22,23). The van der Waals surface area contributed by atoms with E-state index in [0.29, 0.717) is 23.4 Å². The molecule has 0 fully saturated rings. The Balaban J connectivity index is 2.03. The van der Waals surface area contributed by atoms with Crippen LogP contribution >= 0.6 is 0 Å². The first-order chi connectivity index (χ1) is 13.4. The fourth-order valence-corrected chi connectivity index (χ4v) is 3.21. The van der Waals surface area contributed by atoms with Crippen LogP contribution in [0.3, 0.4) is 0 Å². The molecule has 7 nitrogen and oxygen atoms in total. The topological polar surface area (TPSA) is 102 Å². The van der Waals surface area contributed by atoms with Crippen LogP contribution in [-0.2, 0) is 14.8 Å². The van der Waals surface area contributed by atoms with Gasteiger partial charge in [-0.15, -0.1) is 6.58 Å². The third-order valence-electron chi connectivity index (χ3n) is 3.66. The first kappa shape index (κ1) is 21.3. The smallest absolute Gasteiger partial charge is 0.338 e. The quantitative estimate of drug-likeness (QED) is 0.496. The Hall–Kier alpha value is -2.97. The van der Waals surface area contributed by atoms with Gasteiger partial charge in [0.1, 0.15) is 0 Å². The van der Waals surface area contributed by atoms with Gasteiger partial charge in [-0.05, 0) is 55.0 Å². The lowest BCUT2D eigenvalue weighted by atomic mass is 10.2. The summed E-state index contributed by atoms with van der Waals surface area (Å²) in [5.74, 6) is -0.814. The first-order valence-electron chi connectivity index (χ1n) is 8.66. The molecular formula is C20H22N2O5S. The minimum atomic E-state index is -3.64. The van der Waals surface area contributed by atoms with Crippen molar-refractivity contribution in [1.82, 2.24) is 4.72 Å². The van der Waals surface area contributed by atoms with Crippen LogP contribution < -0.4 is 10.0 Å². The highest BCUT2D eigenvalue weighted by Crippen LogP contribution is 2.14. The van der Waals surface area contributed by atoms with Crippen LogP contribution in [0.5, 0.6) is 0 Å². The molecule has 0 aliphatic rings. The number of carbonyl (C=O) groups excluding carboxylic acids is 2. The number of sulfonamides is 1. The Labute approximate surface area is 164 Å². The second-order valence-electron chi connectivity index (χ2n) is 5.83. The van der Waals surface area contributed by atoms with Crippen LogP contribution in [0.25, 0.3) is 0 Å². The monoisotopic (exact) mass is 402 g/mol. The number of benzene rings is 2. The van der Waals surface area contributed by atoms with E-state index in [1.165, 1.54) is 30.3 Å². The van der Waals surface area contributed by atoms with E-state index in [1.807, 2.05) is 6.92 Å². The SMILES string of the molecule is C=CCNS(=O)(=O)c1ccc(C(=O)Nc2ccc(C(=O)OCCC)cc2)cc1. The molecule has 0 atom stereocenters. The molecule has 0 saturated carbocycles. The maximum Gasteiger partial charge on any atom is 0.338 e. The van der Waals surface area contributed by atoms with Crippen LogP contribution in [0.15, 0.2) is 66.1 Å². The van der Waals surface area contributed by atoms with Gasteiger partial charge in [0.15, 0.2) is 0 Å². The van der Waals surface area contributed by atoms with Gasteiger partial charge in [0.05, 0.1) is 17.1 Å². The summed E-state index contributed by atoms with van der Waals surface area (Å²) in [5.41, 5.74) is 1.20. The second-order valence-corrected chi connectivity index (χ2v) is 7.60. The van der Waals surface area contributed by atoms with Gasteiger partial charge in [-0.2, -0.15) is 0 Å². The summed E-state index contributed by atoms with van der Waals surface area (Å²) in [6.45, 7) is 5.84. The number of amides is 1. The third-order valence-corrected chi connectivity index (χ3v) is 5.10. The highest BCUT2D eigenvalue weighted by Gasteiger charge is 2.14. The molecule has 148 valence electrons. The predicted molar refractivity (Wildman–Crippen MR) is 107 cm³/mol. The summed E-state index contributed by atoms with van der Waals surface area (Å²) in [4.78, 5) is 24.2. The first-order valence-corrected chi connectivity index (χ1v) is 10.1. The lowest BCUT2D eigenvalue weighted by molar-refractivity contribution is 0.0505. The summed E-state index contributed by atoms with van der Waals surface area (Å²) < 4.78 is 31.4. The van der Waals surface area contributed by atoms with E-state index in [-0.39, 0.29) is 11.4 Å². The third kappa shape index (κ3) is 5.77. The molecule has 0 unspecified atom stereocenters. The molecule has 2 rings (SSSR count). The summed E-state index contributed by atoms with van der Waals surface area (Å²) in [6, 6.07) is 11.9. The van der Waals surface area contributed by atoms with Crippen molar-refractivity contribution in [3.05, 3.63) is 72.3 Å². The molecule has 0 heterocycles. The van der Waals surface area contributed by atoms with Crippen LogP contribution in [0.1, 0.15) is 34.1 Å². The summed E-state index contributed by atoms with van der Waals surface area (Å²) in [6.07, 6.45) is 2.18. The van der Waals surface area contributed by atoms with Gasteiger partial charge >= 0.3 is 5.97 Å². The number of anilines is 1. The molecule has 0 spiro atoms. The number of rotatable bonds is 9. The fraction of sp³-hybridized carbons (Fsp3) is 0.200. The van der Waals surface area contributed by atoms with Gasteiger partial charge in [0.25, 0.3) is 5.91 Å². The molecule has 0 radical (unpaired) electrons. The minimum Gasteiger partial charge on any atom is -0.462 e. The number of esters is 1. The Kier molecular flexibility index (Phi) is 7.48. The van der Waals surface area contributed by atoms with Crippen LogP contribution in [0, 0.1) is 0 Å². The molecule has 0 bridgehead atoms. The zero-order valence-electron chi connectivity index (χ0n) is 15.5. The number of nitrogens with one attached hydrogen (secondary N) is 2. The molecule has 0 aromatic heterocycles. The van der Waals surface area contributed by atoms with E-state index in [2.05, 4.69) is 16.6 Å². The molecule has 8 heteroatoms. The fourth-order valence-electron chi connectivity index (χ4n) is 2.21. The van der Waals surface area contributed by atoms with Crippen molar-refractivity contribution in [2.45, 2.75) is 18.2 Å². The van der Waals surface area contributed by atoms with Crippen molar-refractivity contribution < 1.29 is 22.7 Å². The van der Waals surface area contributed by atoms with Gasteiger partial charge in [-0.3, -0.25) is 4.79 Å². The minimum absolute atomic E-state index is 0.0563. The zero-order valence-corrected chi connectivity index (χ0v) is 16.3. The molecule has 0 aliphatic carbocycles. The molecule has 2 aromatic rings. The van der Waals surface area contributed by atoms with Crippen LogP contribution in [0.2, 0.25) is 0 Å². The van der Waals surface area contributed by atoms with Crippen LogP contribution in [0.4, 0.5) is 5.69 Å². The number of ether oxygens (including phenoxy) is 1. The van der Waals surface area contributed by atoms with Crippen molar-refractivity contribution >= 4 is 27.6 Å². The normalized spacial score (nSPS) is 10.9. The van der Waals surface area contributed by atoms with E-state index in [9.17, 15) is 18.0 Å². The average molecular weight is 402 g/mol. The van der Waals surface area contributed by atoms with Gasteiger partial charge in [0, 0.05) is 17.8 Å². The molecular weight excluding hydrogens is 380 g/mol. The lowest BCUT2D eigenvalue weighted by Crippen LogP contribution is -2.23. The Morgan fingerprint density at radius 2 is 1.64 bits per heavy atom.